The molecule has 0 atom stereocenters. The van der Waals surface area contributed by atoms with Gasteiger partial charge in [0.2, 0.25) is 0 Å². The van der Waals surface area contributed by atoms with Gasteiger partial charge in [0.1, 0.15) is 4.21 Å². The molecule has 0 radical (unpaired) electrons. The summed E-state index contributed by atoms with van der Waals surface area (Å²) in [5.41, 5.74) is 5.59. The highest BCUT2D eigenvalue weighted by Gasteiger charge is 2.43. The van der Waals surface area contributed by atoms with Crippen LogP contribution in [0.3, 0.4) is 0 Å². The average Bonchev–Trinajstić information content (AvgIpc) is 2.67. The molecule has 120 valence electrons. The maximum Gasteiger partial charge on any atom is 0.252 e. The second kappa shape index (κ2) is 5.31. The molecule has 1 saturated heterocycles. The van der Waals surface area contributed by atoms with E-state index in [2.05, 4.69) is 0 Å². The lowest BCUT2D eigenvalue weighted by molar-refractivity contribution is -0.163. The average molecular weight is 332 g/mol. The molecule has 1 aromatic heterocycles. The largest absolute Gasteiger partial charge is 0.367 e. The highest BCUT2D eigenvalue weighted by Crippen LogP contribution is 2.34. The lowest BCUT2D eigenvalue weighted by Crippen LogP contribution is -2.58. The minimum absolute atomic E-state index is 0.355. The summed E-state index contributed by atoms with van der Waals surface area (Å²) < 4.78 is 33.6. The van der Waals surface area contributed by atoms with Crippen LogP contribution >= 0.6 is 11.3 Å². The van der Waals surface area contributed by atoms with E-state index in [-0.39, 0.29) is 0 Å². The summed E-state index contributed by atoms with van der Waals surface area (Å²) in [7, 11) is -3.50. The molecular formula is C14H24N2O3S2. The second-order valence-corrected chi connectivity index (χ2v) is 10.1. The third kappa shape index (κ3) is 3.48. The van der Waals surface area contributed by atoms with Crippen LogP contribution in [0.2, 0.25) is 0 Å². The van der Waals surface area contributed by atoms with E-state index in [9.17, 15) is 8.42 Å². The summed E-state index contributed by atoms with van der Waals surface area (Å²) in [4.78, 5) is 0.917. The van der Waals surface area contributed by atoms with Crippen LogP contribution in [-0.2, 0) is 21.3 Å². The van der Waals surface area contributed by atoms with Gasteiger partial charge < -0.3 is 10.5 Å². The molecule has 7 heteroatoms. The zero-order valence-electron chi connectivity index (χ0n) is 13.3. The molecule has 21 heavy (non-hydrogen) atoms. The van der Waals surface area contributed by atoms with Crippen molar-refractivity contribution in [3.8, 4) is 0 Å². The molecule has 5 nitrogen and oxygen atoms in total. The number of rotatable bonds is 3. The zero-order valence-corrected chi connectivity index (χ0v) is 14.9. The molecular weight excluding hydrogens is 308 g/mol. The van der Waals surface area contributed by atoms with Gasteiger partial charge in [-0.2, -0.15) is 4.31 Å². The third-order valence-electron chi connectivity index (χ3n) is 3.44. The monoisotopic (exact) mass is 332 g/mol. The maximum absolute atomic E-state index is 12.9. The Morgan fingerprint density at radius 1 is 1.29 bits per heavy atom. The van der Waals surface area contributed by atoms with Crippen molar-refractivity contribution in [2.24, 2.45) is 5.73 Å². The number of nitrogens with two attached hydrogens (primary N) is 1. The summed E-state index contributed by atoms with van der Waals surface area (Å²) in [6.45, 7) is 10.6. The van der Waals surface area contributed by atoms with Crippen LogP contribution in [0.25, 0.3) is 0 Å². The van der Waals surface area contributed by atoms with Gasteiger partial charge in [-0.25, -0.2) is 8.42 Å². The van der Waals surface area contributed by atoms with E-state index in [0.29, 0.717) is 23.8 Å². The van der Waals surface area contributed by atoms with Crippen molar-refractivity contribution < 1.29 is 13.2 Å². The van der Waals surface area contributed by atoms with Gasteiger partial charge in [0.05, 0.1) is 11.2 Å². The molecule has 2 heterocycles. The van der Waals surface area contributed by atoms with Crippen LogP contribution in [0.5, 0.6) is 0 Å². The lowest BCUT2D eigenvalue weighted by Gasteiger charge is -2.46. The Bertz CT molecular complexity index is 617. The van der Waals surface area contributed by atoms with Gasteiger partial charge in [0, 0.05) is 24.5 Å². The predicted molar refractivity (Wildman–Crippen MR) is 84.9 cm³/mol. The molecule has 0 aliphatic carbocycles. The highest BCUT2D eigenvalue weighted by atomic mass is 32.2. The van der Waals surface area contributed by atoms with Gasteiger partial charge in [-0.05, 0) is 46.2 Å². The number of aryl methyl sites for hydroxylation is 1. The number of thiophene rings is 1. The van der Waals surface area contributed by atoms with Crippen molar-refractivity contribution in [3.05, 3.63) is 16.5 Å². The fraction of sp³-hybridized carbons (Fsp3) is 0.714. The molecule has 1 aliphatic heterocycles. The van der Waals surface area contributed by atoms with E-state index in [0.717, 1.165) is 10.4 Å². The van der Waals surface area contributed by atoms with E-state index >= 15 is 0 Å². The minimum atomic E-state index is -3.50. The molecule has 0 amide bonds. The number of nitrogens with zero attached hydrogens (tertiary/aromatic N) is 1. The Morgan fingerprint density at radius 2 is 1.81 bits per heavy atom. The first-order chi connectivity index (χ1) is 9.47. The van der Waals surface area contributed by atoms with Crippen LogP contribution < -0.4 is 5.73 Å². The van der Waals surface area contributed by atoms with E-state index in [1.807, 2.05) is 34.6 Å². The first-order valence-electron chi connectivity index (χ1n) is 6.97. The molecule has 0 bridgehead atoms. The van der Waals surface area contributed by atoms with Crippen LogP contribution in [-0.4, -0.2) is 37.0 Å². The molecule has 2 N–H and O–H groups in total. The Morgan fingerprint density at radius 3 is 2.24 bits per heavy atom. The molecule has 0 aromatic carbocycles. The number of hydrogen-bond donors (Lipinski definition) is 1. The summed E-state index contributed by atoms with van der Waals surface area (Å²) in [6.07, 6.45) is 0. The van der Waals surface area contributed by atoms with E-state index < -0.39 is 21.2 Å². The van der Waals surface area contributed by atoms with Gasteiger partial charge in [0.25, 0.3) is 10.0 Å². The van der Waals surface area contributed by atoms with Gasteiger partial charge in [-0.15, -0.1) is 11.3 Å². The molecule has 1 fully saturated rings. The SMILES string of the molecule is Cc1cc(S(=O)(=O)N2CC(C)(C)OC(C)(C)C2)sc1CN. The van der Waals surface area contributed by atoms with E-state index in [1.165, 1.54) is 15.6 Å². The predicted octanol–water partition coefficient (Wildman–Crippen LogP) is 2.09. The van der Waals surface area contributed by atoms with Crippen LogP contribution in [0.15, 0.2) is 10.3 Å². The normalized spacial score (nSPS) is 22.4. The van der Waals surface area contributed by atoms with Gasteiger partial charge in [-0.3, -0.25) is 0 Å². The smallest absolute Gasteiger partial charge is 0.252 e. The number of morpholine rings is 1. The van der Waals surface area contributed by atoms with Gasteiger partial charge >= 0.3 is 0 Å². The van der Waals surface area contributed by atoms with Crippen molar-refractivity contribution in [2.45, 2.75) is 56.6 Å². The Balaban J connectivity index is 2.38. The second-order valence-electron chi connectivity index (χ2n) is 6.77. The number of sulfonamides is 1. The van der Waals surface area contributed by atoms with Gasteiger partial charge in [-0.1, -0.05) is 0 Å². The standard InChI is InChI=1S/C14H24N2O3S2/c1-10-6-12(20-11(10)7-15)21(17,18)16-8-13(2,3)19-14(4,5)9-16/h6H,7-9,15H2,1-5H3. The van der Waals surface area contributed by atoms with Crippen molar-refractivity contribution in [3.63, 3.8) is 0 Å². The Hall–Kier alpha value is -0.470. The Kier molecular flexibility index (Phi) is 4.27. The summed E-state index contributed by atoms with van der Waals surface area (Å²) in [5.74, 6) is 0. The van der Waals surface area contributed by atoms with Crippen molar-refractivity contribution in [2.75, 3.05) is 13.1 Å². The van der Waals surface area contributed by atoms with Crippen LogP contribution in [0.4, 0.5) is 0 Å². The van der Waals surface area contributed by atoms with Crippen LogP contribution in [0, 0.1) is 6.92 Å². The van der Waals surface area contributed by atoms with Crippen LogP contribution in [0.1, 0.15) is 38.1 Å². The van der Waals surface area contributed by atoms with Crippen molar-refractivity contribution in [1.82, 2.24) is 4.31 Å². The van der Waals surface area contributed by atoms with Gasteiger partial charge in [0.15, 0.2) is 0 Å². The summed E-state index contributed by atoms with van der Waals surface area (Å²) >= 11 is 1.26. The molecule has 0 unspecified atom stereocenters. The quantitative estimate of drug-likeness (QED) is 0.920. The summed E-state index contributed by atoms with van der Waals surface area (Å²) in [6, 6.07) is 1.72. The maximum atomic E-state index is 12.9. The van der Waals surface area contributed by atoms with E-state index in [4.69, 9.17) is 10.5 Å². The zero-order chi connectivity index (χ0) is 16.1. The topological polar surface area (TPSA) is 72.6 Å². The van der Waals surface area contributed by atoms with E-state index in [1.54, 1.807) is 6.07 Å². The number of hydrogen-bond acceptors (Lipinski definition) is 5. The fourth-order valence-corrected chi connectivity index (χ4v) is 6.20. The lowest BCUT2D eigenvalue weighted by atomic mass is 10.0. The third-order valence-corrected chi connectivity index (χ3v) is 6.94. The molecule has 0 spiro atoms. The highest BCUT2D eigenvalue weighted by molar-refractivity contribution is 7.91. The van der Waals surface area contributed by atoms with Crippen molar-refractivity contribution in [1.29, 1.82) is 0 Å². The first-order valence-corrected chi connectivity index (χ1v) is 9.22. The molecule has 1 aliphatic rings. The number of ether oxygens (including phenoxy) is 1. The minimum Gasteiger partial charge on any atom is -0.367 e. The fourth-order valence-electron chi connectivity index (χ4n) is 2.83. The summed E-state index contributed by atoms with van der Waals surface area (Å²) in [5, 5.41) is 0. The molecule has 0 saturated carbocycles. The van der Waals surface area contributed by atoms with Crippen molar-refractivity contribution >= 4 is 21.4 Å². The Labute approximate surface area is 131 Å². The first kappa shape index (κ1) is 16.9. The molecule has 1 aromatic rings. The molecule has 2 rings (SSSR count).